The van der Waals surface area contributed by atoms with Crippen molar-refractivity contribution in [2.45, 2.75) is 25.9 Å². The summed E-state index contributed by atoms with van der Waals surface area (Å²) in [5.74, 6) is -0.226. The first-order valence-corrected chi connectivity index (χ1v) is 7.30. The number of nitrogens with zero attached hydrogens (tertiary/aromatic N) is 1. The van der Waals surface area contributed by atoms with Gasteiger partial charge in [-0.25, -0.2) is 4.39 Å². The predicted octanol–water partition coefficient (Wildman–Crippen LogP) is 3.66. The summed E-state index contributed by atoms with van der Waals surface area (Å²) in [6.07, 6.45) is 0.811. The molecule has 0 aromatic heterocycles. The van der Waals surface area contributed by atoms with Crippen LogP contribution in [0.4, 0.5) is 4.39 Å². The number of halogens is 1. The Bertz CT molecular complexity index is 583. The standard InChI is InChI=1S/C18H23FN2/c1-14-6-3-4-7-16(14)13-21(2)11-10-18(20)15-8-5-9-17(19)12-15/h3-9,12,18H,10-11,13,20H2,1-2H3. The molecule has 112 valence electrons. The number of nitrogens with two attached hydrogens (primary N) is 1. The molecule has 0 amide bonds. The molecule has 2 aromatic rings. The summed E-state index contributed by atoms with van der Waals surface area (Å²) in [6, 6.07) is 14.8. The van der Waals surface area contributed by atoms with Crippen molar-refractivity contribution in [3.8, 4) is 0 Å². The lowest BCUT2D eigenvalue weighted by Gasteiger charge is -2.20. The number of aryl methyl sites for hydroxylation is 1. The van der Waals surface area contributed by atoms with Crippen molar-refractivity contribution in [3.63, 3.8) is 0 Å². The highest BCUT2D eigenvalue weighted by Gasteiger charge is 2.09. The minimum absolute atomic E-state index is 0.125. The van der Waals surface area contributed by atoms with Gasteiger partial charge in [-0.3, -0.25) is 0 Å². The van der Waals surface area contributed by atoms with Crippen LogP contribution in [0, 0.1) is 12.7 Å². The van der Waals surface area contributed by atoms with Crippen LogP contribution in [-0.2, 0) is 6.54 Å². The monoisotopic (exact) mass is 286 g/mol. The molecule has 0 radical (unpaired) electrons. The molecule has 2 N–H and O–H groups in total. The van der Waals surface area contributed by atoms with Crippen LogP contribution in [0.1, 0.15) is 29.2 Å². The van der Waals surface area contributed by atoms with Gasteiger partial charge < -0.3 is 10.6 Å². The molecule has 0 bridgehead atoms. The molecule has 0 aliphatic carbocycles. The molecule has 0 fully saturated rings. The third-order valence-corrected chi connectivity index (χ3v) is 3.80. The first kappa shape index (κ1) is 15.7. The van der Waals surface area contributed by atoms with E-state index in [1.165, 1.54) is 23.3 Å². The fourth-order valence-corrected chi connectivity index (χ4v) is 2.42. The highest BCUT2D eigenvalue weighted by Crippen LogP contribution is 2.16. The molecule has 0 aliphatic heterocycles. The predicted molar refractivity (Wildman–Crippen MR) is 85.5 cm³/mol. The lowest BCUT2D eigenvalue weighted by molar-refractivity contribution is 0.311. The second-order valence-electron chi connectivity index (χ2n) is 5.61. The van der Waals surface area contributed by atoms with E-state index in [-0.39, 0.29) is 11.9 Å². The van der Waals surface area contributed by atoms with E-state index in [4.69, 9.17) is 5.73 Å². The summed E-state index contributed by atoms with van der Waals surface area (Å²) in [5.41, 5.74) is 9.64. The zero-order valence-electron chi connectivity index (χ0n) is 12.7. The summed E-state index contributed by atoms with van der Waals surface area (Å²) >= 11 is 0. The van der Waals surface area contributed by atoms with Gasteiger partial charge in [0.15, 0.2) is 0 Å². The number of hydrogen-bond acceptors (Lipinski definition) is 2. The van der Waals surface area contributed by atoms with Gasteiger partial charge in [-0.05, 0) is 55.8 Å². The van der Waals surface area contributed by atoms with E-state index in [2.05, 4.69) is 43.1 Å². The van der Waals surface area contributed by atoms with Crippen LogP contribution in [0.2, 0.25) is 0 Å². The molecule has 2 nitrogen and oxygen atoms in total. The van der Waals surface area contributed by atoms with Crippen LogP contribution in [-0.4, -0.2) is 18.5 Å². The molecular weight excluding hydrogens is 263 g/mol. The van der Waals surface area contributed by atoms with Gasteiger partial charge in [-0.2, -0.15) is 0 Å². The second-order valence-corrected chi connectivity index (χ2v) is 5.61. The molecule has 0 aliphatic rings. The topological polar surface area (TPSA) is 29.3 Å². The zero-order valence-corrected chi connectivity index (χ0v) is 12.7. The van der Waals surface area contributed by atoms with Gasteiger partial charge in [0.1, 0.15) is 5.82 Å². The van der Waals surface area contributed by atoms with Crippen LogP contribution in [0.5, 0.6) is 0 Å². The molecule has 3 heteroatoms. The molecule has 1 unspecified atom stereocenters. The van der Waals surface area contributed by atoms with E-state index in [1.807, 2.05) is 6.07 Å². The zero-order chi connectivity index (χ0) is 15.2. The highest BCUT2D eigenvalue weighted by molar-refractivity contribution is 5.25. The van der Waals surface area contributed by atoms with Crippen molar-refractivity contribution in [2.75, 3.05) is 13.6 Å². The third kappa shape index (κ3) is 4.66. The van der Waals surface area contributed by atoms with Crippen LogP contribution in [0.25, 0.3) is 0 Å². The molecule has 21 heavy (non-hydrogen) atoms. The number of benzene rings is 2. The van der Waals surface area contributed by atoms with Crippen molar-refractivity contribution in [1.29, 1.82) is 0 Å². The van der Waals surface area contributed by atoms with Crippen molar-refractivity contribution >= 4 is 0 Å². The summed E-state index contributed by atoms with van der Waals surface area (Å²) in [6.45, 7) is 3.91. The van der Waals surface area contributed by atoms with Gasteiger partial charge in [0.05, 0.1) is 0 Å². The Labute approximate surface area is 126 Å². The first-order valence-electron chi connectivity index (χ1n) is 7.30. The van der Waals surface area contributed by atoms with Gasteiger partial charge in [0.25, 0.3) is 0 Å². The minimum Gasteiger partial charge on any atom is -0.324 e. The Kier molecular flexibility index (Phi) is 5.48. The van der Waals surface area contributed by atoms with E-state index in [0.717, 1.165) is 25.1 Å². The molecule has 2 rings (SSSR count). The summed E-state index contributed by atoms with van der Waals surface area (Å²) in [5, 5.41) is 0. The lowest BCUT2D eigenvalue weighted by atomic mass is 10.0. The van der Waals surface area contributed by atoms with E-state index >= 15 is 0 Å². The van der Waals surface area contributed by atoms with Gasteiger partial charge in [-0.15, -0.1) is 0 Å². The quantitative estimate of drug-likeness (QED) is 0.878. The van der Waals surface area contributed by atoms with Crippen LogP contribution < -0.4 is 5.73 Å². The van der Waals surface area contributed by atoms with Crippen molar-refractivity contribution < 1.29 is 4.39 Å². The van der Waals surface area contributed by atoms with Crippen molar-refractivity contribution in [2.24, 2.45) is 5.73 Å². The van der Waals surface area contributed by atoms with E-state index in [9.17, 15) is 4.39 Å². The van der Waals surface area contributed by atoms with Gasteiger partial charge in [0, 0.05) is 12.6 Å². The van der Waals surface area contributed by atoms with E-state index in [1.54, 1.807) is 6.07 Å². The molecular formula is C18H23FN2. The van der Waals surface area contributed by atoms with Crippen molar-refractivity contribution in [1.82, 2.24) is 4.90 Å². The normalized spacial score (nSPS) is 12.6. The molecule has 2 aromatic carbocycles. The summed E-state index contributed by atoms with van der Waals surface area (Å²) in [7, 11) is 2.09. The van der Waals surface area contributed by atoms with Crippen LogP contribution in [0.3, 0.4) is 0 Å². The molecule has 0 saturated carbocycles. The van der Waals surface area contributed by atoms with Crippen LogP contribution >= 0.6 is 0 Å². The average Bonchev–Trinajstić information content (AvgIpc) is 2.47. The molecule has 1 atom stereocenters. The Balaban J connectivity index is 1.86. The van der Waals surface area contributed by atoms with E-state index in [0.29, 0.717) is 0 Å². The fourth-order valence-electron chi connectivity index (χ4n) is 2.42. The maximum Gasteiger partial charge on any atom is 0.123 e. The smallest absolute Gasteiger partial charge is 0.123 e. The summed E-state index contributed by atoms with van der Waals surface area (Å²) in [4.78, 5) is 2.25. The molecule has 0 heterocycles. The Hall–Kier alpha value is -1.71. The van der Waals surface area contributed by atoms with Crippen LogP contribution in [0.15, 0.2) is 48.5 Å². The second kappa shape index (κ2) is 7.34. The average molecular weight is 286 g/mol. The van der Waals surface area contributed by atoms with Crippen molar-refractivity contribution in [3.05, 3.63) is 71.0 Å². The largest absolute Gasteiger partial charge is 0.324 e. The third-order valence-electron chi connectivity index (χ3n) is 3.80. The van der Waals surface area contributed by atoms with E-state index < -0.39 is 0 Å². The SMILES string of the molecule is Cc1ccccc1CN(C)CCC(N)c1cccc(F)c1. The van der Waals surface area contributed by atoms with Gasteiger partial charge >= 0.3 is 0 Å². The van der Waals surface area contributed by atoms with Gasteiger partial charge in [0.2, 0.25) is 0 Å². The minimum atomic E-state index is -0.226. The Morgan fingerprint density at radius 1 is 1.14 bits per heavy atom. The Morgan fingerprint density at radius 2 is 1.90 bits per heavy atom. The van der Waals surface area contributed by atoms with Gasteiger partial charge in [-0.1, -0.05) is 36.4 Å². The molecule has 0 saturated heterocycles. The maximum absolute atomic E-state index is 13.2. The highest BCUT2D eigenvalue weighted by atomic mass is 19.1. The fraction of sp³-hybridized carbons (Fsp3) is 0.333. The summed E-state index contributed by atoms with van der Waals surface area (Å²) < 4.78 is 13.2. The molecule has 0 spiro atoms. The first-order chi connectivity index (χ1) is 10.1. The Morgan fingerprint density at radius 3 is 2.62 bits per heavy atom. The number of rotatable bonds is 6. The maximum atomic E-state index is 13.2. The number of hydrogen-bond donors (Lipinski definition) is 1. The lowest BCUT2D eigenvalue weighted by Crippen LogP contribution is -2.23.